The molecule has 4 heteroatoms. The van der Waals surface area contributed by atoms with E-state index < -0.39 is 17.8 Å². The Kier molecular flexibility index (Phi) is 3.52. The lowest BCUT2D eigenvalue weighted by Crippen LogP contribution is -2.26. The number of aliphatic carboxylic acids is 1. The molecule has 0 radical (unpaired) electrons. The zero-order chi connectivity index (χ0) is 12.5. The van der Waals surface area contributed by atoms with Gasteiger partial charge in [0.25, 0.3) is 0 Å². The van der Waals surface area contributed by atoms with Crippen LogP contribution < -0.4 is 0 Å². The summed E-state index contributed by atoms with van der Waals surface area (Å²) in [5, 5.41) is 8.86. The third-order valence-electron chi connectivity index (χ3n) is 3.18. The van der Waals surface area contributed by atoms with E-state index in [1.165, 1.54) is 0 Å². The molecule has 0 aliphatic heterocycles. The highest BCUT2D eigenvalue weighted by Gasteiger charge is 2.27. The lowest BCUT2D eigenvalue weighted by Gasteiger charge is -2.15. The molecule has 1 aromatic rings. The average molecular weight is 223 g/mol. The Morgan fingerprint density at radius 1 is 1.25 bits per heavy atom. The average Bonchev–Trinajstić information content (AvgIpc) is 2.56. The van der Waals surface area contributed by atoms with Gasteiger partial charge in [0.1, 0.15) is 0 Å². The number of Topliss-reactive ketones (excluding diaryl/α,β-unsaturated/α-hetero) is 1. The monoisotopic (exact) mass is 223 g/mol. The highest BCUT2D eigenvalue weighted by molar-refractivity contribution is 5.98. The zero-order valence-corrected chi connectivity index (χ0v) is 10.0. The molecule has 1 rings (SSSR count). The number of carboxylic acids is 1. The topological polar surface area (TPSA) is 59.3 Å². The van der Waals surface area contributed by atoms with Gasteiger partial charge in [-0.1, -0.05) is 13.8 Å². The van der Waals surface area contributed by atoms with Crippen molar-refractivity contribution in [3.8, 4) is 0 Å². The number of carboxylic acid groups (broad SMARTS) is 1. The number of nitrogens with zero attached hydrogens (tertiary/aromatic N) is 1. The van der Waals surface area contributed by atoms with Crippen LogP contribution in [0.25, 0.3) is 0 Å². The molecule has 88 valence electrons. The van der Waals surface area contributed by atoms with Crippen LogP contribution in [0.2, 0.25) is 0 Å². The van der Waals surface area contributed by atoms with E-state index in [0.717, 1.165) is 5.69 Å². The van der Waals surface area contributed by atoms with Crippen molar-refractivity contribution in [1.82, 2.24) is 4.57 Å². The summed E-state index contributed by atoms with van der Waals surface area (Å²) in [5.74, 6) is -2.23. The van der Waals surface area contributed by atoms with Gasteiger partial charge in [0.15, 0.2) is 5.78 Å². The maximum absolute atomic E-state index is 12.0. The largest absolute Gasteiger partial charge is 0.481 e. The fourth-order valence-electron chi connectivity index (χ4n) is 1.53. The molecule has 0 saturated carbocycles. The summed E-state index contributed by atoms with van der Waals surface area (Å²) >= 11 is 0. The Balaban J connectivity index is 2.95. The van der Waals surface area contributed by atoms with Gasteiger partial charge in [-0.15, -0.1) is 0 Å². The molecule has 4 nitrogen and oxygen atoms in total. The van der Waals surface area contributed by atoms with Gasteiger partial charge in [-0.3, -0.25) is 9.59 Å². The quantitative estimate of drug-likeness (QED) is 0.793. The summed E-state index contributed by atoms with van der Waals surface area (Å²) in [6.45, 7) is 5.12. The zero-order valence-electron chi connectivity index (χ0n) is 10.0. The standard InChI is InChI=1S/C12H17NO3/c1-7-5-6-10(13(7)4)11(14)8(2)9(3)12(15)16/h5-6,8-9H,1-4H3,(H,15,16). The van der Waals surface area contributed by atoms with E-state index in [1.54, 1.807) is 31.5 Å². The summed E-state index contributed by atoms with van der Waals surface area (Å²) in [5.41, 5.74) is 1.55. The van der Waals surface area contributed by atoms with Crippen LogP contribution in [0.5, 0.6) is 0 Å². The molecule has 0 spiro atoms. The molecule has 0 aliphatic carbocycles. The molecule has 1 heterocycles. The molecule has 0 bridgehead atoms. The number of rotatable bonds is 4. The Hall–Kier alpha value is -1.58. The van der Waals surface area contributed by atoms with E-state index in [-0.39, 0.29) is 5.78 Å². The van der Waals surface area contributed by atoms with E-state index in [2.05, 4.69) is 0 Å². The van der Waals surface area contributed by atoms with Crippen molar-refractivity contribution >= 4 is 11.8 Å². The molecule has 0 aliphatic rings. The van der Waals surface area contributed by atoms with Crippen molar-refractivity contribution in [2.75, 3.05) is 0 Å². The first-order valence-corrected chi connectivity index (χ1v) is 5.25. The van der Waals surface area contributed by atoms with E-state index >= 15 is 0 Å². The minimum absolute atomic E-state index is 0.120. The van der Waals surface area contributed by atoms with Gasteiger partial charge >= 0.3 is 5.97 Å². The van der Waals surface area contributed by atoms with Crippen LogP contribution in [0.3, 0.4) is 0 Å². The van der Waals surface area contributed by atoms with Crippen molar-refractivity contribution in [3.05, 3.63) is 23.5 Å². The Morgan fingerprint density at radius 3 is 2.19 bits per heavy atom. The van der Waals surface area contributed by atoms with Crippen LogP contribution >= 0.6 is 0 Å². The predicted molar refractivity (Wildman–Crippen MR) is 60.4 cm³/mol. The SMILES string of the molecule is Cc1ccc(C(=O)C(C)C(C)C(=O)O)n1C. The van der Waals surface area contributed by atoms with Crippen LogP contribution in [-0.2, 0) is 11.8 Å². The number of hydrogen-bond acceptors (Lipinski definition) is 2. The second-order valence-corrected chi connectivity index (χ2v) is 4.20. The number of aryl methyl sites for hydroxylation is 1. The van der Waals surface area contributed by atoms with Gasteiger partial charge in [-0.25, -0.2) is 0 Å². The first kappa shape index (κ1) is 12.5. The number of carbonyl (C=O) groups excluding carboxylic acids is 1. The lowest BCUT2D eigenvalue weighted by atomic mass is 9.90. The molecule has 0 fully saturated rings. The highest BCUT2D eigenvalue weighted by Crippen LogP contribution is 2.18. The van der Waals surface area contributed by atoms with E-state index in [9.17, 15) is 9.59 Å². The number of ketones is 1. The third kappa shape index (κ3) is 2.15. The molecule has 1 N–H and O–H groups in total. The normalized spacial score (nSPS) is 14.5. The maximum atomic E-state index is 12.0. The van der Waals surface area contributed by atoms with Crippen molar-refractivity contribution in [2.45, 2.75) is 20.8 Å². The van der Waals surface area contributed by atoms with Crippen LogP contribution in [0.1, 0.15) is 30.0 Å². The lowest BCUT2D eigenvalue weighted by molar-refractivity contribution is -0.142. The smallest absolute Gasteiger partial charge is 0.306 e. The summed E-state index contributed by atoms with van der Waals surface area (Å²) in [6.07, 6.45) is 0. The summed E-state index contributed by atoms with van der Waals surface area (Å²) < 4.78 is 1.79. The van der Waals surface area contributed by atoms with Crippen molar-refractivity contribution in [2.24, 2.45) is 18.9 Å². The van der Waals surface area contributed by atoms with Crippen molar-refractivity contribution in [3.63, 3.8) is 0 Å². The minimum atomic E-state index is -0.938. The maximum Gasteiger partial charge on any atom is 0.306 e. The highest BCUT2D eigenvalue weighted by atomic mass is 16.4. The van der Waals surface area contributed by atoms with Gasteiger partial charge < -0.3 is 9.67 Å². The van der Waals surface area contributed by atoms with Crippen molar-refractivity contribution < 1.29 is 14.7 Å². The van der Waals surface area contributed by atoms with Crippen LogP contribution in [0.15, 0.2) is 12.1 Å². The summed E-state index contributed by atoms with van der Waals surface area (Å²) in [4.78, 5) is 22.8. The molecule has 0 amide bonds. The van der Waals surface area contributed by atoms with Gasteiger partial charge in [-0.05, 0) is 19.1 Å². The number of carbonyl (C=O) groups is 2. The Morgan fingerprint density at radius 2 is 1.81 bits per heavy atom. The van der Waals surface area contributed by atoms with Crippen LogP contribution in [0, 0.1) is 18.8 Å². The fourth-order valence-corrected chi connectivity index (χ4v) is 1.53. The summed E-state index contributed by atoms with van der Waals surface area (Å²) in [6, 6.07) is 3.59. The Labute approximate surface area is 94.9 Å². The number of aromatic nitrogens is 1. The van der Waals surface area contributed by atoms with E-state index in [1.807, 2.05) is 13.0 Å². The second-order valence-electron chi connectivity index (χ2n) is 4.20. The van der Waals surface area contributed by atoms with Gasteiger partial charge in [0, 0.05) is 18.7 Å². The second kappa shape index (κ2) is 4.51. The van der Waals surface area contributed by atoms with Gasteiger partial charge in [0.2, 0.25) is 0 Å². The van der Waals surface area contributed by atoms with E-state index in [0.29, 0.717) is 5.69 Å². The molecule has 2 unspecified atom stereocenters. The minimum Gasteiger partial charge on any atom is -0.481 e. The first-order valence-electron chi connectivity index (χ1n) is 5.25. The molecular weight excluding hydrogens is 206 g/mol. The predicted octanol–water partition coefficient (Wildman–Crippen LogP) is 1.87. The molecule has 0 aromatic carbocycles. The van der Waals surface area contributed by atoms with Crippen LogP contribution in [0.4, 0.5) is 0 Å². The van der Waals surface area contributed by atoms with Crippen LogP contribution in [-0.4, -0.2) is 21.4 Å². The molecule has 0 saturated heterocycles. The fraction of sp³-hybridized carbons (Fsp3) is 0.500. The van der Waals surface area contributed by atoms with Gasteiger partial charge in [0.05, 0.1) is 11.6 Å². The third-order valence-corrected chi connectivity index (χ3v) is 3.18. The Bertz CT molecular complexity index is 420. The summed E-state index contributed by atoms with van der Waals surface area (Å²) in [7, 11) is 1.81. The molecule has 1 aromatic heterocycles. The van der Waals surface area contributed by atoms with Gasteiger partial charge in [-0.2, -0.15) is 0 Å². The molecule has 2 atom stereocenters. The first-order chi connectivity index (χ1) is 7.36. The van der Waals surface area contributed by atoms with Crippen molar-refractivity contribution in [1.29, 1.82) is 0 Å². The van der Waals surface area contributed by atoms with E-state index in [4.69, 9.17) is 5.11 Å². The number of hydrogen-bond donors (Lipinski definition) is 1. The molecule has 16 heavy (non-hydrogen) atoms. The molecular formula is C12H17NO3.